The SMILES string of the molecule is Cc1ccccc1C(=O)N1CCN([C@@H](CCC(=O)O)c2ccccc2)CC1. The minimum Gasteiger partial charge on any atom is -0.481 e. The van der Waals surface area contributed by atoms with Crippen molar-refractivity contribution < 1.29 is 14.7 Å². The molecule has 1 saturated heterocycles. The van der Waals surface area contributed by atoms with Crippen molar-refractivity contribution in [2.24, 2.45) is 0 Å². The smallest absolute Gasteiger partial charge is 0.303 e. The van der Waals surface area contributed by atoms with Crippen LogP contribution in [0.2, 0.25) is 0 Å². The van der Waals surface area contributed by atoms with Gasteiger partial charge in [-0.1, -0.05) is 48.5 Å². The quantitative estimate of drug-likeness (QED) is 0.852. The van der Waals surface area contributed by atoms with Crippen LogP contribution >= 0.6 is 0 Å². The van der Waals surface area contributed by atoms with Gasteiger partial charge in [0.25, 0.3) is 5.91 Å². The summed E-state index contributed by atoms with van der Waals surface area (Å²) in [6.45, 7) is 4.77. The Morgan fingerprint density at radius 1 is 0.963 bits per heavy atom. The first-order valence-electron chi connectivity index (χ1n) is 9.42. The van der Waals surface area contributed by atoms with E-state index in [1.165, 1.54) is 0 Å². The van der Waals surface area contributed by atoms with E-state index >= 15 is 0 Å². The van der Waals surface area contributed by atoms with Crippen LogP contribution in [0.25, 0.3) is 0 Å². The standard InChI is InChI=1S/C22H26N2O3/c1-17-7-5-6-10-19(17)22(27)24-15-13-23(14-16-24)20(11-12-21(25)26)18-8-3-2-4-9-18/h2-10,20H,11-16H2,1H3,(H,25,26)/t20-/m0/s1. The monoisotopic (exact) mass is 366 g/mol. The van der Waals surface area contributed by atoms with E-state index < -0.39 is 5.97 Å². The van der Waals surface area contributed by atoms with Crippen LogP contribution in [0, 0.1) is 6.92 Å². The number of hydrogen-bond donors (Lipinski definition) is 1. The minimum atomic E-state index is -0.774. The number of carbonyl (C=O) groups excluding carboxylic acids is 1. The average Bonchev–Trinajstić information content (AvgIpc) is 2.69. The van der Waals surface area contributed by atoms with Gasteiger partial charge in [0.1, 0.15) is 0 Å². The summed E-state index contributed by atoms with van der Waals surface area (Å²) in [5.74, 6) is -0.696. The third-order valence-corrected chi connectivity index (χ3v) is 5.23. The first-order valence-corrected chi connectivity index (χ1v) is 9.42. The van der Waals surface area contributed by atoms with Crippen molar-refractivity contribution in [3.05, 3.63) is 71.3 Å². The van der Waals surface area contributed by atoms with E-state index in [2.05, 4.69) is 17.0 Å². The van der Waals surface area contributed by atoms with Crippen LogP contribution < -0.4 is 0 Å². The number of benzene rings is 2. The topological polar surface area (TPSA) is 60.9 Å². The number of carboxylic acid groups (broad SMARTS) is 1. The molecule has 2 aromatic rings. The summed E-state index contributed by atoms with van der Waals surface area (Å²) < 4.78 is 0. The summed E-state index contributed by atoms with van der Waals surface area (Å²) >= 11 is 0. The van der Waals surface area contributed by atoms with E-state index in [1.807, 2.05) is 54.3 Å². The van der Waals surface area contributed by atoms with Gasteiger partial charge in [0.05, 0.1) is 0 Å². The Balaban J connectivity index is 1.67. The lowest BCUT2D eigenvalue weighted by atomic mass is 9.99. The second-order valence-electron chi connectivity index (χ2n) is 7.00. The van der Waals surface area contributed by atoms with Crippen molar-refractivity contribution in [1.82, 2.24) is 9.80 Å². The molecule has 0 unspecified atom stereocenters. The van der Waals surface area contributed by atoms with Crippen LogP contribution in [0.4, 0.5) is 0 Å². The molecule has 1 aliphatic rings. The van der Waals surface area contributed by atoms with Gasteiger partial charge in [-0.05, 0) is 30.5 Å². The molecular weight excluding hydrogens is 340 g/mol. The molecule has 27 heavy (non-hydrogen) atoms. The number of amides is 1. The zero-order chi connectivity index (χ0) is 19.2. The van der Waals surface area contributed by atoms with Crippen LogP contribution in [0.5, 0.6) is 0 Å². The number of hydrogen-bond acceptors (Lipinski definition) is 3. The number of carbonyl (C=O) groups is 2. The first-order chi connectivity index (χ1) is 13.1. The van der Waals surface area contributed by atoms with Gasteiger partial charge in [-0.3, -0.25) is 14.5 Å². The second-order valence-corrected chi connectivity index (χ2v) is 7.00. The lowest BCUT2D eigenvalue weighted by molar-refractivity contribution is -0.137. The number of aliphatic carboxylic acids is 1. The van der Waals surface area contributed by atoms with Crippen LogP contribution in [-0.2, 0) is 4.79 Å². The summed E-state index contributed by atoms with van der Waals surface area (Å²) in [5.41, 5.74) is 2.89. The van der Waals surface area contributed by atoms with Gasteiger partial charge in [0.2, 0.25) is 0 Å². The number of carboxylic acids is 1. The maximum absolute atomic E-state index is 12.8. The average molecular weight is 366 g/mol. The van der Waals surface area contributed by atoms with Gasteiger partial charge < -0.3 is 10.0 Å². The first kappa shape index (κ1) is 19.1. The molecule has 3 rings (SSSR count). The lowest BCUT2D eigenvalue weighted by Gasteiger charge is -2.39. The van der Waals surface area contributed by atoms with Crippen molar-refractivity contribution in [2.45, 2.75) is 25.8 Å². The van der Waals surface area contributed by atoms with Gasteiger partial charge in [0, 0.05) is 44.2 Å². The van der Waals surface area contributed by atoms with Gasteiger partial charge in [-0.15, -0.1) is 0 Å². The van der Waals surface area contributed by atoms with E-state index in [-0.39, 0.29) is 18.4 Å². The minimum absolute atomic E-state index is 0.0676. The zero-order valence-electron chi connectivity index (χ0n) is 15.7. The Labute approximate surface area is 160 Å². The Bertz CT molecular complexity index is 783. The molecule has 142 valence electrons. The molecule has 0 bridgehead atoms. The van der Waals surface area contributed by atoms with Crippen LogP contribution in [0.1, 0.15) is 40.4 Å². The number of piperazine rings is 1. The van der Waals surface area contributed by atoms with Gasteiger partial charge in [-0.2, -0.15) is 0 Å². The highest BCUT2D eigenvalue weighted by atomic mass is 16.4. The van der Waals surface area contributed by atoms with Gasteiger partial charge in [0.15, 0.2) is 0 Å². The summed E-state index contributed by atoms with van der Waals surface area (Å²) in [6, 6.07) is 17.8. The third kappa shape index (κ3) is 4.74. The lowest BCUT2D eigenvalue weighted by Crippen LogP contribution is -2.49. The molecule has 0 aromatic heterocycles. The second kappa shape index (κ2) is 8.82. The molecular formula is C22H26N2O3. The zero-order valence-corrected chi connectivity index (χ0v) is 15.7. The van der Waals surface area contributed by atoms with Crippen molar-refractivity contribution >= 4 is 11.9 Å². The van der Waals surface area contributed by atoms with Gasteiger partial charge in [-0.25, -0.2) is 0 Å². The van der Waals surface area contributed by atoms with Gasteiger partial charge >= 0.3 is 5.97 Å². The molecule has 0 spiro atoms. The predicted octanol–water partition coefficient (Wildman–Crippen LogP) is 3.36. The highest BCUT2D eigenvalue weighted by Crippen LogP contribution is 2.27. The fourth-order valence-electron chi connectivity index (χ4n) is 3.72. The van der Waals surface area contributed by atoms with E-state index in [0.717, 1.165) is 29.8 Å². The number of rotatable bonds is 6. The van der Waals surface area contributed by atoms with E-state index in [0.29, 0.717) is 19.5 Å². The van der Waals surface area contributed by atoms with Crippen molar-refractivity contribution in [3.8, 4) is 0 Å². The molecule has 5 heteroatoms. The Hall–Kier alpha value is -2.66. The molecule has 0 aliphatic carbocycles. The van der Waals surface area contributed by atoms with Crippen molar-refractivity contribution in [2.75, 3.05) is 26.2 Å². The molecule has 1 atom stereocenters. The molecule has 1 amide bonds. The molecule has 0 radical (unpaired) electrons. The third-order valence-electron chi connectivity index (χ3n) is 5.23. The summed E-state index contributed by atoms with van der Waals surface area (Å²) in [4.78, 5) is 28.1. The van der Waals surface area contributed by atoms with Crippen molar-refractivity contribution in [1.29, 1.82) is 0 Å². The number of nitrogens with zero attached hydrogens (tertiary/aromatic N) is 2. The molecule has 1 fully saturated rings. The summed E-state index contributed by atoms with van der Waals surface area (Å²) in [7, 11) is 0. The molecule has 5 nitrogen and oxygen atoms in total. The summed E-state index contributed by atoms with van der Waals surface area (Å²) in [5, 5.41) is 9.10. The Kier molecular flexibility index (Phi) is 6.24. The van der Waals surface area contributed by atoms with Crippen LogP contribution in [0.15, 0.2) is 54.6 Å². The molecule has 2 aromatic carbocycles. The van der Waals surface area contributed by atoms with Crippen LogP contribution in [-0.4, -0.2) is 53.0 Å². The fraction of sp³-hybridized carbons (Fsp3) is 0.364. The van der Waals surface area contributed by atoms with E-state index in [9.17, 15) is 9.59 Å². The maximum atomic E-state index is 12.8. The number of aryl methyl sites for hydroxylation is 1. The molecule has 0 saturated carbocycles. The van der Waals surface area contributed by atoms with E-state index in [1.54, 1.807) is 0 Å². The van der Waals surface area contributed by atoms with Crippen molar-refractivity contribution in [3.63, 3.8) is 0 Å². The van der Waals surface area contributed by atoms with E-state index in [4.69, 9.17) is 5.11 Å². The normalized spacial score (nSPS) is 16.1. The Morgan fingerprint density at radius 3 is 2.22 bits per heavy atom. The predicted molar refractivity (Wildman–Crippen MR) is 105 cm³/mol. The molecule has 1 heterocycles. The highest BCUT2D eigenvalue weighted by molar-refractivity contribution is 5.95. The molecule has 1 aliphatic heterocycles. The summed E-state index contributed by atoms with van der Waals surface area (Å²) in [6.07, 6.45) is 0.715. The largest absolute Gasteiger partial charge is 0.481 e. The fourth-order valence-corrected chi connectivity index (χ4v) is 3.72. The highest BCUT2D eigenvalue weighted by Gasteiger charge is 2.28. The maximum Gasteiger partial charge on any atom is 0.303 e. The Morgan fingerprint density at radius 2 is 1.59 bits per heavy atom. The van der Waals surface area contributed by atoms with Crippen LogP contribution in [0.3, 0.4) is 0 Å². The molecule has 1 N–H and O–H groups in total.